The Bertz CT molecular complexity index is 647. The zero-order valence-corrected chi connectivity index (χ0v) is 13.9. The molecule has 0 bridgehead atoms. The summed E-state index contributed by atoms with van der Waals surface area (Å²) >= 11 is 0. The lowest BCUT2D eigenvalue weighted by atomic mass is 10.1. The van der Waals surface area contributed by atoms with E-state index in [1.807, 2.05) is 0 Å². The van der Waals surface area contributed by atoms with Gasteiger partial charge >= 0.3 is 0 Å². The van der Waals surface area contributed by atoms with Crippen molar-refractivity contribution in [2.75, 3.05) is 37.3 Å². The number of methoxy groups -OCH3 is 1. The molecule has 0 saturated carbocycles. The minimum atomic E-state index is -3.59. The average molecular weight is 342 g/mol. The van der Waals surface area contributed by atoms with Crippen molar-refractivity contribution in [1.82, 2.24) is 4.90 Å². The standard InChI is InChI=1S/C15H22N2O5S/c1-22-9-10-23(20,21)16-14-7-3-2-6-13(14)15(19)17-8-4-5-12(17)11-18/h2-3,6-7,12,16,18H,4-5,8-11H2,1H3. The fraction of sp³-hybridized carbons (Fsp3) is 0.533. The van der Waals surface area contributed by atoms with Gasteiger partial charge < -0.3 is 14.7 Å². The van der Waals surface area contributed by atoms with E-state index in [4.69, 9.17) is 4.74 Å². The van der Waals surface area contributed by atoms with E-state index in [2.05, 4.69) is 4.72 Å². The highest BCUT2D eigenvalue weighted by Crippen LogP contribution is 2.24. The van der Waals surface area contributed by atoms with Crippen molar-refractivity contribution >= 4 is 21.6 Å². The first-order chi connectivity index (χ1) is 11.0. The monoisotopic (exact) mass is 342 g/mol. The van der Waals surface area contributed by atoms with Gasteiger partial charge in [-0.1, -0.05) is 12.1 Å². The van der Waals surface area contributed by atoms with Crippen LogP contribution in [-0.4, -0.2) is 63.0 Å². The Hall–Kier alpha value is -1.64. The Balaban J connectivity index is 2.22. The average Bonchev–Trinajstić information content (AvgIpc) is 3.01. The fourth-order valence-corrected chi connectivity index (χ4v) is 3.62. The third-order valence-corrected chi connectivity index (χ3v) is 5.06. The van der Waals surface area contributed by atoms with Gasteiger partial charge in [-0.3, -0.25) is 9.52 Å². The summed E-state index contributed by atoms with van der Waals surface area (Å²) in [5.74, 6) is -0.457. The van der Waals surface area contributed by atoms with Gasteiger partial charge in [0.15, 0.2) is 0 Å². The Kier molecular flexibility index (Phi) is 5.97. The Morgan fingerprint density at radius 1 is 1.43 bits per heavy atom. The molecule has 8 heteroatoms. The van der Waals surface area contributed by atoms with Crippen molar-refractivity contribution in [2.45, 2.75) is 18.9 Å². The maximum absolute atomic E-state index is 12.7. The van der Waals surface area contributed by atoms with Gasteiger partial charge in [0.2, 0.25) is 10.0 Å². The quantitative estimate of drug-likeness (QED) is 0.759. The molecule has 0 aliphatic carbocycles. The number of likely N-dealkylation sites (tertiary alicyclic amines) is 1. The van der Waals surface area contributed by atoms with E-state index in [1.165, 1.54) is 7.11 Å². The van der Waals surface area contributed by atoms with Crippen LogP contribution >= 0.6 is 0 Å². The second-order valence-electron chi connectivity index (χ2n) is 5.44. The zero-order chi connectivity index (χ0) is 16.9. The predicted octanol–water partition coefficient (Wildman–Crippen LogP) is 0.672. The molecule has 1 atom stereocenters. The van der Waals surface area contributed by atoms with Crippen molar-refractivity contribution in [3.63, 3.8) is 0 Å². The van der Waals surface area contributed by atoms with Crippen LogP contribution in [0, 0.1) is 0 Å². The molecule has 23 heavy (non-hydrogen) atoms. The summed E-state index contributed by atoms with van der Waals surface area (Å²) in [4.78, 5) is 14.3. The Labute approximate surface area is 136 Å². The van der Waals surface area contributed by atoms with Crippen LogP contribution in [0.2, 0.25) is 0 Å². The second kappa shape index (κ2) is 7.76. The highest BCUT2D eigenvalue weighted by molar-refractivity contribution is 7.92. The molecule has 2 N–H and O–H groups in total. The van der Waals surface area contributed by atoms with Gasteiger partial charge in [0.1, 0.15) is 0 Å². The van der Waals surface area contributed by atoms with Gasteiger partial charge in [-0.2, -0.15) is 0 Å². The largest absolute Gasteiger partial charge is 0.394 e. The molecular weight excluding hydrogens is 320 g/mol. The maximum atomic E-state index is 12.7. The van der Waals surface area contributed by atoms with Crippen molar-refractivity contribution in [2.24, 2.45) is 0 Å². The number of carbonyl (C=O) groups excluding carboxylic acids is 1. The third kappa shape index (κ3) is 4.43. The summed E-state index contributed by atoms with van der Waals surface area (Å²) < 4.78 is 31.3. The van der Waals surface area contributed by atoms with Crippen molar-refractivity contribution in [3.8, 4) is 0 Å². The number of hydrogen-bond donors (Lipinski definition) is 2. The molecule has 1 heterocycles. The first kappa shape index (κ1) is 17.7. The number of amides is 1. The van der Waals surface area contributed by atoms with Gasteiger partial charge in [0, 0.05) is 13.7 Å². The molecule has 1 amide bonds. The summed E-state index contributed by atoms with van der Waals surface area (Å²) in [6.07, 6.45) is 1.59. The zero-order valence-electron chi connectivity index (χ0n) is 13.1. The van der Waals surface area contributed by atoms with E-state index in [1.54, 1.807) is 29.2 Å². The fourth-order valence-electron chi connectivity index (χ4n) is 2.62. The van der Waals surface area contributed by atoms with Gasteiger partial charge in [-0.15, -0.1) is 0 Å². The van der Waals surface area contributed by atoms with Crippen LogP contribution in [0.25, 0.3) is 0 Å². The molecule has 0 aromatic heterocycles. The number of nitrogens with one attached hydrogen (secondary N) is 1. The molecular formula is C15H22N2O5S. The molecule has 1 aromatic carbocycles. The molecule has 0 spiro atoms. The molecule has 0 radical (unpaired) electrons. The van der Waals surface area contributed by atoms with E-state index < -0.39 is 10.0 Å². The lowest BCUT2D eigenvalue weighted by molar-refractivity contribution is 0.0678. The topological polar surface area (TPSA) is 95.9 Å². The summed E-state index contributed by atoms with van der Waals surface area (Å²) in [7, 11) is -2.16. The molecule has 1 aliphatic heterocycles. The number of para-hydroxylation sites is 1. The van der Waals surface area contributed by atoms with Crippen LogP contribution < -0.4 is 4.72 Å². The SMILES string of the molecule is COCCS(=O)(=O)Nc1ccccc1C(=O)N1CCCC1CO. The number of aliphatic hydroxyl groups is 1. The third-order valence-electron chi connectivity index (χ3n) is 3.83. The van der Waals surface area contributed by atoms with Crippen molar-refractivity contribution in [3.05, 3.63) is 29.8 Å². The van der Waals surface area contributed by atoms with E-state index in [9.17, 15) is 18.3 Å². The maximum Gasteiger partial charge on any atom is 0.256 e. The summed E-state index contributed by atoms with van der Waals surface area (Å²) in [6, 6.07) is 6.29. The molecule has 1 unspecified atom stereocenters. The number of sulfonamides is 1. The van der Waals surface area contributed by atoms with Crippen LogP contribution in [0.4, 0.5) is 5.69 Å². The molecule has 1 fully saturated rings. The van der Waals surface area contributed by atoms with Crippen LogP contribution in [0.3, 0.4) is 0 Å². The molecule has 128 valence electrons. The number of rotatable bonds is 7. The number of ether oxygens (including phenoxy) is 1. The van der Waals surface area contributed by atoms with E-state index >= 15 is 0 Å². The van der Waals surface area contributed by atoms with Gasteiger partial charge in [0.25, 0.3) is 5.91 Å². The summed E-state index contributed by atoms with van der Waals surface area (Å²) in [5, 5.41) is 9.37. The number of benzene rings is 1. The Morgan fingerprint density at radius 3 is 2.87 bits per heavy atom. The summed E-state index contributed by atoms with van der Waals surface area (Å²) in [5.41, 5.74) is 0.533. The molecule has 1 aliphatic rings. The molecule has 1 aromatic rings. The van der Waals surface area contributed by atoms with Crippen molar-refractivity contribution in [1.29, 1.82) is 0 Å². The lowest BCUT2D eigenvalue weighted by Gasteiger charge is -2.24. The molecule has 7 nitrogen and oxygen atoms in total. The highest BCUT2D eigenvalue weighted by atomic mass is 32.2. The highest BCUT2D eigenvalue weighted by Gasteiger charge is 2.30. The number of anilines is 1. The number of hydrogen-bond acceptors (Lipinski definition) is 5. The van der Waals surface area contributed by atoms with Crippen molar-refractivity contribution < 1.29 is 23.1 Å². The minimum Gasteiger partial charge on any atom is -0.394 e. The lowest BCUT2D eigenvalue weighted by Crippen LogP contribution is -2.38. The second-order valence-corrected chi connectivity index (χ2v) is 7.28. The minimum absolute atomic E-state index is 0.0736. The van der Waals surface area contributed by atoms with E-state index in [0.717, 1.165) is 12.8 Å². The molecule has 2 rings (SSSR count). The summed E-state index contributed by atoms with van der Waals surface area (Å²) in [6.45, 7) is 0.548. The number of aliphatic hydroxyl groups excluding tert-OH is 1. The van der Waals surface area contributed by atoms with E-state index in [-0.39, 0.29) is 42.2 Å². The van der Waals surface area contributed by atoms with Gasteiger partial charge in [0.05, 0.1) is 36.3 Å². The smallest absolute Gasteiger partial charge is 0.256 e. The number of carbonyl (C=O) groups is 1. The van der Waals surface area contributed by atoms with Gasteiger partial charge in [-0.25, -0.2) is 8.42 Å². The first-order valence-corrected chi connectivity index (χ1v) is 9.14. The molecule has 1 saturated heterocycles. The number of nitrogens with zero attached hydrogens (tertiary/aromatic N) is 1. The van der Waals surface area contributed by atoms with Crippen LogP contribution in [-0.2, 0) is 14.8 Å². The predicted molar refractivity (Wildman–Crippen MR) is 86.9 cm³/mol. The van der Waals surface area contributed by atoms with Crippen LogP contribution in [0.1, 0.15) is 23.2 Å². The van der Waals surface area contributed by atoms with Gasteiger partial charge in [-0.05, 0) is 25.0 Å². The first-order valence-electron chi connectivity index (χ1n) is 7.49. The van der Waals surface area contributed by atoms with E-state index in [0.29, 0.717) is 6.54 Å². The Morgan fingerprint density at radius 2 is 2.17 bits per heavy atom. The van der Waals surface area contributed by atoms with Crippen LogP contribution in [0.5, 0.6) is 0 Å². The normalized spacial score (nSPS) is 18.2. The van der Waals surface area contributed by atoms with Crippen LogP contribution in [0.15, 0.2) is 24.3 Å².